The van der Waals surface area contributed by atoms with E-state index in [1.807, 2.05) is 23.5 Å². The van der Waals surface area contributed by atoms with Gasteiger partial charge >= 0.3 is 0 Å². The highest BCUT2D eigenvalue weighted by atomic mass is 79.9. The first-order chi connectivity index (χ1) is 9.60. The lowest BCUT2D eigenvalue weighted by atomic mass is 10.1. The molecule has 1 aromatic carbocycles. The van der Waals surface area contributed by atoms with Gasteiger partial charge in [0.1, 0.15) is 5.75 Å². The van der Waals surface area contributed by atoms with Gasteiger partial charge in [0.2, 0.25) is 0 Å². The minimum absolute atomic E-state index is 0.487. The average molecular weight is 354 g/mol. The van der Waals surface area contributed by atoms with Crippen molar-refractivity contribution in [1.82, 2.24) is 4.90 Å². The fourth-order valence-corrected chi connectivity index (χ4v) is 3.25. The van der Waals surface area contributed by atoms with E-state index >= 15 is 0 Å². The number of hydrogen-bond donors (Lipinski definition) is 0. The van der Waals surface area contributed by atoms with Gasteiger partial charge in [-0.2, -0.15) is 0 Å². The van der Waals surface area contributed by atoms with E-state index in [1.165, 1.54) is 10.4 Å². The average Bonchev–Trinajstić information content (AvgIpc) is 2.91. The fraction of sp³-hybridized carbons (Fsp3) is 0.375. The van der Waals surface area contributed by atoms with Crippen molar-refractivity contribution in [3.63, 3.8) is 0 Å². The Kier molecular flexibility index (Phi) is 5.64. The van der Waals surface area contributed by atoms with E-state index in [1.54, 1.807) is 7.11 Å². The molecule has 108 valence electrons. The summed E-state index contributed by atoms with van der Waals surface area (Å²) >= 11 is 5.35. The summed E-state index contributed by atoms with van der Waals surface area (Å²) < 4.78 is 6.56. The van der Waals surface area contributed by atoms with Gasteiger partial charge in [0.05, 0.1) is 7.11 Å². The summed E-state index contributed by atoms with van der Waals surface area (Å²) in [5.41, 5.74) is 1.21. The number of halogens is 1. The van der Waals surface area contributed by atoms with Gasteiger partial charge in [0, 0.05) is 34.0 Å². The lowest BCUT2D eigenvalue weighted by molar-refractivity contribution is 0.203. The molecule has 0 bridgehead atoms. The molecular formula is C16H20BrNOS. The van der Waals surface area contributed by atoms with Gasteiger partial charge in [-0.05, 0) is 43.5 Å². The predicted molar refractivity (Wildman–Crippen MR) is 89.4 cm³/mol. The molecule has 0 atom stereocenters. The van der Waals surface area contributed by atoms with E-state index in [2.05, 4.69) is 58.3 Å². The maximum atomic E-state index is 5.47. The van der Waals surface area contributed by atoms with Crippen molar-refractivity contribution >= 4 is 27.3 Å². The Morgan fingerprint density at radius 3 is 2.65 bits per heavy atom. The molecule has 0 spiro atoms. The molecule has 0 fully saturated rings. The second kappa shape index (κ2) is 7.25. The fourth-order valence-electron chi connectivity index (χ4n) is 2.11. The Bertz CT molecular complexity index is 539. The third-order valence-corrected chi connectivity index (χ3v) is 4.64. The number of methoxy groups -OCH3 is 1. The third-order valence-electron chi connectivity index (χ3n) is 3.29. The standard InChI is InChI=1S/C16H20BrNOS/c1-12(2)18(11-15-5-4-8-20-15)10-13-9-14(17)6-7-16(13)19-3/h4-9,12H,10-11H2,1-3H3. The summed E-state index contributed by atoms with van der Waals surface area (Å²) in [5, 5.41) is 2.13. The molecule has 4 heteroatoms. The summed E-state index contributed by atoms with van der Waals surface area (Å²) in [6.45, 7) is 6.33. The van der Waals surface area contributed by atoms with Gasteiger partial charge < -0.3 is 4.74 Å². The number of thiophene rings is 1. The maximum absolute atomic E-state index is 5.47. The van der Waals surface area contributed by atoms with Crippen LogP contribution in [0.1, 0.15) is 24.3 Å². The minimum Gasteiger partial charge on any atom is -0.496 e. The van der Waals surface area contributed by atoms with Gasteiger partial charge in [0.15, 0.2) is 0 Å². The SMILES string of the molecule is COc1ccc(Br)cc1CN(Cc1cccs1)C(C)C. The third kappa shape index (κ3) is 4.08. The molecule has 0 saturated heterocycles. The Balaban J connectivity index is 2.17. The lowest BCUT2D eigenvalue weighted by Gasteiger charge is -2.26. The van der Waals surface area contributed by atoms with Crippen molar-refractivity contribution in [3.05, 3.63) is 50.6 Å². The van der Waals surface area contributed by atoms with Crippen molar-refractivity contribution < 1.29 is 4.74 Å². The summed E-state index contributed by atoms with van der Waals surface area (Å²) in [7, 11) is 1.73. The van der Waals surface area contributed by atoms with E-state index in [9.17, 15) is 0 Å². The van der Waals surface area contributed by atoms with Crippen molar-refractivity contribution in [2.45, 2.75) is 33.0 Å². The first kappa shape index (κ1) is 15.5. The van der Waals surface area contributed by atoms with Gasteiger partial charge in [-0.1, -0.05) is 22.0 Å². The molecule has 0 aliphatic rings. The van der Waals surface area contributed by atoms with Gasteiger partial charge in [-0.15, -0.1) is 11.3 Å². The van der Waals surface area contributed by atoms with Crippen LogP contribution in [0.25, 0.3) is 0 Å². The molecule has 0 aliphatic heterocycles. The van der Waals surface area contributed by atoms with E-state index in [0.29, 0.717) is 6.04 Å². The number of ether oxygens (including phenoxy) is 1. The Labute approximate surface area is 133 Å². The van der Waals surface area contributed by atoms with Crippen LogP contribution in [0.3, 0.4) is 0 Å². The zero-order valence-electron chi connectivity index (χ0n) is 12.1. The minimum atomic E-state index is 0.487. The lowest BCUT2D eigenvalue weighted by Crippen LogP contribution is -2.29. The van der Waals surface area contributed by atoms with Crippen molar-refractivity contribution in [2.24, 2.45) is 0 Å². The number of hydrogen-bond acceptors (Lipinski definition) is 3. The highest BCUT2D eigenvalue weighted by Gasteiger charge is 2.14. The van der Waals surface area contributed by atoms with Crippen LogP contribution in [0, 0.1) is 0 Å². The molecule has 0 aliphatic carbocycles. The Morgan fingerprint density at radius 1 is 1.25 bits per heavy atom. The topological polar surface area (TPSA) is 12.5 Å². The smallest absolute Gasteiger partial charge is 0.123 e. The quantitative estimate of drug-likeness (QED) is 0.729. The molecule has 0 amide bonds. The zero-order valence-corrected chi connectivity index (χ0v) is 14.5. The van der Waals surface area contributed by atoms with E-state index in [0.717, 1.165) is 23.3 Å². The van der Waals surface area contributed by atoms with Crippen LogP contribution in [0.2, 0.25) is 0 Å². The molecule has 1 heterocycles. The summed E-state index contributed by atoms with van der Waals surface area (Å²) in [6.07, 6.45) is 0. The summed E-state index contributed by atoms with van der Waals surface area (Å²) in [6, 6.07) is 11.0. The Hall–Kier alpha value is -0.840. The predicted octanol–water partition coefficient (Wildman–Crippen LogP) is 4.93. The number of benzene rings is 1. The highest BCUT2D eigenvalue weighted by Crippen LogP contribution is 2.26. The molecule has 0 saturated carbocycles. The van der Waals surface area contributed by atoms with Gasteiger partial charge in [-0.3, -0.25) is 4.90 Å². The summed E-state index contributed by atoms with van der Waals surface area (Å²) in [4.78, 5) is 3.85. The second-order valence-corrected chi connectivity index (χ2v) is 6.98. The number of nitrogens with zero attached hydrogens (tertiary/aromatic N) is 1. The largest absolute Gasteiger partial charge is 0.496 e. The van der Waals surface area contributed by atoms with Crippen LogP contribution in [-0.4, -0.2) is 18.1 Å². The molecule has 1 aromatic heterocycles. The summed E-state index contributed by atoms with van der Waals surface area (Å²) in [5.74, 6) is 0.949. The molecule has 0 N–H and O–H groups in total. The highest BCUT2D eigenvalue weighted by molar-refractivity contribution is 9.10. The van der Waals surface area contributed by atoms with Crippen LogP contribution in [-0.2, 0) is 13.1 Å². The molecule has 2 nitrogen and oxygen atoms in total. The monoisotopic (exact) mass is 353 g/mol. The van der Waals surface area contributed by atoms with Crippen molar-refractivity contribution in [3.8, 4) is 5.75 Å². The van der Waals surface area contributed by atoms with E-state index < -0.39 is 0 Å². The first-order valence-corrected chi connectivity index (χ1v) is 8.36. The zero-order chi connectivity index (χ0) is 14.5. The molecule has 20 heavy (non-hydrogen) atoms. The van der Waals surface area contributed by atoms with Crippen LogP contribution in [0.4, 0.5) is 0 Å². The first-order valence-electron chi connectivity index (χ1n) is 6.69. The second-order valence-electron chi connectivity index (χ2n) is 5.03. The van der Waals surface area contributed by atoms with Gasteiger partial charge in [-0.25, -0.2) is 0 Å². The molecule has 0 unspecified atom stereocenters. The van der Waals surface area contributed by atoms with Crippen LogP contribution in [0.15, 0.2) is 40.2 Å². The van der Waals surface area contributed by atoms with Crippen LogP contribution < -0.4 is 4.74 Å². The molecule has 0 radical (unpaired) electrons. The normalized spacial score (nSPS) is 11.3. The van der Waals surface area contributed by atoms with E-state index in [4.69, 9.17) is 4.74 Å². The Morgan fingerprint density at radius 2 is 2.05 bits per heavy atom. The molecular weight excluding hydrogens is 334 g/mol. The molecule has 2 rings (SSSR count). The number of rotatable bonds is 6. The van der Waals surface area contributed by atoms with E-state index in [-0.39, 0.29) is 0 Å². The van der Waals surface area contributed by atoms with Crippen molar-refractivity contribution in [2.75, 3.05) is 7.11 Å². The van der Waals surface area contributed by atoms with Gasteiger partial charge in [0.25, 0.3) is 0 Å². The van der Waals surface area contributed by atoms with Crippen LogP contribution >= 0.6 is 27.3 Å². The van der Waals surface area contributed by atoms with Crippen LogP contribution in [0.5, 0.6) is 5.75 Å². The maximum Gasteiger partial charge on any atom is 0.123 e. The molecule has 2 aromatic rings. The van der Waals surface area contributed by atoms with Crippen molar-refractivity contribution in [1.29, 1.82) is 0 Å².